The van der Waals surface area contributed by atoms with E-state index in [1.807, 2.05) is 0 Å². The zero-order valence-electron chi connectivity index (χ0n) is 8.66. The van der Waals surface area contributed by atoms with E-state index in [0.717, 1.165) is 5.56 Å². The van der Waals surface area contributed by atoms with Crippen LogP contribution in [0.4, 0.5) is 4.39 Å². The van der Waals surface area contributed by atoms with Crippen LogP contribution < -0.4 is 0 Å². The molecule has 0 radical (unpaired) electrons. The Labute approximate surface area is 112 Å². The number of aliphatic hydroxyl groups is 1. The molecule has 5 heteroatoms. The summed E-state index contributed by atoms with van der Waals surface area (Å²) < 4.78 is 14.0. The van der Waals surface area contributed by atoms with Crippen LogP contribution in [0.1, 0.15) is 17.2 Å². The predicted octanol–water partition coefficient (Wildman–Crippen LogP) is 4.47. The molecule has 90 valence electrons. The molecule has 0 saturated heterocycles. The predicted molar refractivity (Wildman–Crippen MR) is 69.4 cm³/mol. The first-order valence-corrected chi connectivity index (χ1v) is 6.51. The van der Waals surface area contributed by atoms with E-state index in [1.165, 1.54) is 23.5 Å². The van der Waals surface area contributed by atoms with Gasteiger partial charge in [-0.3, -0.25) is 0 Å². The molecular weight excluding hydrogens is 282 g/mol. The highest BCUT2D eigenvalue weighted by atomic mass is 35.5. The summed E-state index contributed by atoms with van der Waals surface area (Å²) in [4.78, 5) is 0. The van der Waals surface area contributed by atoms with Gasteiger partial charge in [-0.1, -0.05) is 35.3 Å². The maximum Gasteiger partial charge on any atom is 0.123 e. The third kappa shape index (κ3) is 3.19. The summed E-state index contributed by atoms with van der Waals surface area (Å²) >= 11 is 12.9. The minimum absolute atomic E-state index is 0.310. The van der Waals surface area contributed by atoms with E-state index < -0.39 is 6.10 Å². The van der Waals surface area contributed by atoms with E-state index in [2.05, 4.69) is 0 Å². The van der Waals surface area contributed by atoms with Gasteiger partial charge in [0.05, 0.1) is 10.4 Å². The Morgan fingerprint density at radius 3 is 2.65 bits per heavy atom. The molecule has 1 aromatic carbocycles. The lowest BCUT2D eigenvalue weighted by molar-refractivity contribution is 0.179. The van der Waals surface area contributed by atoms with Crippen molar-refractivity contribution in [1.82, 2.24) is 0 Å². The zero-order valence-corrected chi connectivity index (χ0v) is 11.0. The van der Waals surface area contributed by atoms with Gasteiger partial charge in [0.2, 0.25) is 0 Å². The number of rotatable bonds is 3. The summed E-state index contributed by atoms with van der Waals surface area (Å²) in [5.41, 5.74) is 1.31. The molecule has 0 bridgehead atoms. The van der Waals surface area contributed by atoms with Crippen molar-refractivity contribution in [3.05, 3.63) is 55.9 Å². The van der Waals surface area contributed by atoms with Gasteiger partial charge in [-0.25, -0.2) is 4.39 Å². The Balaban J connectivity index is 2.16. The van der Waals surface area contributed by atoms with Crippen LogP contribution >= 0.6 is 34.5 Å². The minimum Gasteiger partial charge on any atom is -0.388 e. The average Bonchev–Trinajstić information content (AvgIpc) is 2.58. The first-order chi connectivity index (χ1) is 8.06. The SMILES string of the molecule is OC(Cc1cccc(F)c1)c1cc(Cl)sc1Cl. The number of benzene rings is 1. The smallest absolute Gasteiger partial charge is 0.123 e. The van der Waals surface area contributed by atoms with Gasteiger partial charge in [-0.2, -0.15) is 0 Å². The van der Waals surface area contributed by atoms with E-state index in [4.69, 9.17) is 23.2 Å². The number of aliphatic hydroxyl groups excluding tert-OH is 1. The van der Waals surface area contributed by atoms with Gasteiger partial charge in [-0.05, 0) is 23.8 Å². The Hall–Kier alpha value is -0.610. The minimum atomic E-state index is -0.770. The van der Waals surface area contributed by atoms with Crippen molar-refractivity contribution in [2.75, 3.05) is 0 Å². The van der Waals surface area contributed by atoms with E-state index in [0.29, 0.717) is 20.7 Å². The quantitative estimate of drug-likeness (QED) is 0.884. The van der Waals surface area contributed by atoms with Gasteiger partial charge in [0.15, 0.2) is 0 Å². The molecule has 17 heavy (non-hydrogen) atoms. The van der Waals surface area contributed by atoms with Crippen molar-refractivity contribution >= 4 is 34.5 Å². The first-order valence-electron chi connectivity index (χ1n) is 4.93. The van der Waals surface area contributed by atoms with Crippen molar-refractivity contribution in [1.29, 1.82) is 0 Å². The highest BCUT2D eigenvalue weighted by Crippen LogP contribution is 2.36. The standard InChI is InChI=1S/C12H9Cl2FOS/c13-11-6-9(12(14)17-11)10(16)5-7-2-1-3-8(15)4-7/h1-4,6,10,16H,5H2. The maximum atomic E-state index is 13.0. The van der Waals surface area contributed by atoms with Gasteiger partial charge in [0.25, 0.3) is 0 Å². The normalized spacial score (nSPS) is 12.7. The Morgan fingerprint density at radius 1 is 1.29 bits per heavy atom. The van der Waals surface area contributed by atoms with E-state index in [1.54, 1.807) is 18.2 Å². The summed E-state index contributed by atoms with van der Waals surface area (Å²) in [6.45, 7) is 0. The van der Waals surface area contributed by atoms with E-state index >= 15 is 0 Å². The van der Waals surface area contributed by atoms with Crippen LogP contribution in [0.25, 0.3) is 0 Å². The fraction of sp³-hybridized carbons (Fsp3) is 0.167. The van der Waals surface area contributed by atoms with Gasteiger partial charge in [-0.15, -0.1) is 11.3 Å². The lowest BCUT2D eigenvalue weighted by atomic mass is 10.0. The molecule has 1 heterocycles. The Bertz CT molecular complexity index is 527. The van der Waals surface area contributed by atoms with Crippen molar-refractivity contribution in [3.63, 3.8) is 0 Å². The Morgan fingerprint density at radius 2 is 2.06 bits per heavy atom. The summed E-state index contributed by atoms with van der Waals surface area (Å²) in [6, 6.07) is 7.77. The third-order valence-corrected chi connectivity index (χ3v) is 3.88. The highest BCUT2D eigenvalue weighted by molar-refractivity contribution is 7.20. The molecule has 2 aromatic rings. The number of thiophene rings is 1. The summed E-state index contributed by atoms with van der Waals surface area (Å²) in [5.74, 6) is -0.316. The lowest BCUT2D eigenvalue weighted by Gasteiger charge is -2.09. The monoisotopic (exact) mass is 290 g/mol. The molecule has 0 aliphatic heterocycles. The molecule has 1 N–H and O–H groups in total. The number of hydrogen-bond donors (Lipinski definition) is 1. The van der Waals surface area contributed by atoms with Gasteiger partial charge >= 0.3 is 0 Å². The van der Waals surface area contributed by atoms with Gasteiger partial charge in [0, 0.05) is 12.0 Å². The van der Waals surface area contributed by atoms with Gasteiger partial charge in [0.1, 0.15) is 10.2 Å². The van der Waals surface area contributed by atoms with Crippen LogP contribution in [0, 0.1) is 5.82 Å². The summed E-state index contributed by atoms with van der Waals surface area (Å²) in [7, 11) is 0. The largest absolute Gasteiger partial charge is 0.388 e. The molecule has 0 amide bonds. The summed E-state index contributed by atoms with van der Waals surface area (Å²) in [6.07, 6.45) is -0.460. The van der Waals surface area contributed by atoms with Crippen molar-refractivity contribution < 1.29 is 9.50 Å². The van der Waals surface area contributed by atoms with Crippen molar-refractivity contribution in [2.45, 2.75) is 12.5 Å². The zero-order chi connectivity index (χ0) is 12.4. The number of hydrogen-bond acceptors (Lipinski definition) is 2. The third-order valence-electron chi connectivity index (χ3n) is 2.36. The number of halogens is 3. The fourth-order valence-corrected chi connectivity index (χ4v) is 3.14. The molecule has 2 rings (SSSR count). The highest BCUT2D eigenvalue weighted by Gasteiger charge is 2.15. The molecule has 1 atom stereocenters. The van der Waals surface area contributed by atoms with Crippen LogP contribution in [0.2, 0.25) is 8.67 Å². The fourth-order valence-electron chi connectivity index (χ4n) is 1.58. The van der Waals surface area contributed by atoms with Gasteiger partial charge < -0.3 is 5.11 Å². The molecule has 0 aliphatic carbocycles. The van der Waals surface area contributed by atoms with E-state index in [9.17, 15) is 9.50 Å². The molecule has 0 spiro atoms. The van der Waals surface area contributed by atoms with E-state index in [-0.39, 0.29) is 5.82 Å². The van der Waals surface area contributed by atoms with Crippen LogP contribution in [0.15, 0.2) is 30.3 Å². The van der Waals surface area contributed by atoms with Crippen LogP contribution in [-0.2, 0) is 6.42 Å². The molecule has 0 aliphatic rings. The topological polar surface area (TPSA) is 20.2 Å². The maximum absolute atomic E-state index is 13.0. The van der Waals surface area contributed by atoms with Crippen LogP contribution in [0.5, 0.6) is 0 Å². The lowest BCUT2D eigenvalue weighted by Crippen LogP contribution is -2.01. The average molecular weight is 291 g/mol. The molecule has 1 unspecified atom stereocenters. The molecule has 1 aromatic heterocycles. The molecule has 1 nitrogen and oxygen atoms in total. The summed E-state index contributed by atoms with van der Waals surface area (Å²) in [5, 5.41) is 10.0. The second kappa shape index (κ2) is 5.36. The van der Waals surface area contributed by atoms with Crippen LogP contribution in [0.3, 0.4) is 0 Å². The molecule has 0 fully saturated rings. The Kier molecular flexibility index (Phi) is 4.05. The second-order valence-corrected chi connectivity index (χ2v) is 5.91. The van der Waals surface area contributed by atoms with Crippen LogP contribution in [-0.4, -0.2) is 5.11 Å². The van der Waals surface area contributed by atoms with Crippen molar-refractivity contribution in [2.24, 2.45) is 0 Å². The molecular formula is C12H9Cl2FOS. The van der Waals surface area contributed by atoms with Crippen molar-refractivity contribution in [3.8, 4) is 0 Å². The first kappa shape index (κ1) is 12.8. The molecule has 0 saturated carbocycles. The second-order valence-electron chi connectivity index (χ2n) is 3.63.